The van der Waals surface area contributed by atoms with Gasteiger partial charge in [-0.25, -0.2) is 18.6 Å². The Balaban J connectivity index is 1.70. The van der Waals surface area contributed by atoms with E-state index in [1.165, 1.54) is 37.9 Å². The van der Waals surface area contributed by atoms with Gasteiger partial charge in [-0.05, 0) is 42.0 Å². The average molecular weight is 483 g/mol. The number of esters is 1. The molecule has 1 aromatic heterocycles. The van der Waals surface area contributed by atoms with Crippen molar-refractivity contribution in [2.24, 2.45) is 5.10 Å². The molecule has 0 aliphatic carbocycles. The van der Waals surface area contributed by atoms with Gasteiger partial charge in [-0.1, -0.05) is 30.3 Å². The van der Waals surface area contributed by atoms with Crippen LogP contribution in [0, 0.1) is 0 Å². The second-order valence-electron chi connectivity index (χ2n) is 6.77. The number of hydrazone groups is 1. The molecule has 1 amide bonds. The van der Waals surface area contributed by atoms with Gasteiger partial charge >= 0.3 is 5.97 Å². The molecule has 0 aliphatic rings. The van der Waals surface area contributed by atoms with Crippen LogP contribution in [0.25, 0.3) is 0 Å². The summed E-state index contributed by atoms with van der Waals surface area (Å²) < 4.78 is 37.1. The molecule has 34 heavy (non-hydrogen) atoms. The standard InChI is InChI=1S/C23H22N4O6S/c1-32-23(29)17-33-20-9-5-7-18(13-20)14-25-26-22(28)16-27(19-8-6-12-24-15-19)34(30,31)21-10-3-2-4-11-21/h2-15H,16-17H2,1H3,(H,26,28)/b25-14-. The lowest BCUT2D eigenvalue weighted by Crippen LogP contribution is -2.39. The van der Waals surface area contributed by atoms with Crippen LogP contribution in [0.5, 0.6) is 5.75 Å². The molecule has 0 unspecified atom stereocenters. The third-order valence-corrected chi connectivity index (χ3v) is 6.19. The number of nitrogens with zero attached hydrogens (tertiary/aromatic N) is 3. The van der Waals surface area contributed by atoms with Crippen molar-refractivity contribution in [3.63, 3.8) is 0 Å². The molecule has 0 saturated heterocycles. The van der Waals surface area contributed by atoms with Gasteiger partial charge in [-0.15, -0.1) is 0 Å². The maximum absolute atomic E-state index is 13.2. The number of aromatic nitrogens is 1. The first kappa shape index (κ1) is 24.4. The van der Waals surface area contributed by atoms with E-state index in [1.807, 2.05) is 0 Å². The van der Waals surface area contributed by atoms with E-state index in [-0.39, 0.29) is 17.2 Å². The fourth-order valence-corrected chi connectivity index (χ4v) is 4.19. The van der Waals surface area contributed by atoms with Crippen molar-refractivity contribution in [2.45, 2.75) is 4.90 Å². The Labute approximate surface area is 196 Å². The van der Waals surface area contributed by atoms with E-state index in [2.05, 4.69) is 20.2 Å². The molecule has 3 rings (SSSR count). The zero-order valence-corrected chi connectivity index (χ0v) is 19.0. The van der Waals surface area contributed by atoms with E-state index in [9.17, 15) is 18.0 Å². The Hall–Kier alpha value is -4.25. The number of carbonyl (C=O) groups is 2. The molecule has 2 aromatic carbocycles. The minimum Gasteiger partial charge on any atom is -0.482 e. The molecule has 0 saturated carbocycles. The number of ether oxygens (including phenoxy) is 2. The minimum absolute atomic E-state index is 0.0407. The van der Waals surface area contributed by atoms with Crippen molar-refractivity contribution in [3.05, 3.63) is 84.7 Å². The van der Waals surface area contributed by atoms with Gasteiger partial charge in [0.25, 0.3) is 15.9 Å². The van der Waals surface area contributed by atoms with Crippen LogP contribution in [-0.4, -0.2) is 51.8 Å². The zero-order chi connectivity index (χ0) is 24.4. The molecule has 0 fully saturated rings. The highest BCUT2D eigenvalue weighted by molar-refractivity contribution is 7.92. The summed E-state index contributed by atoms with van der Waals surface area (Å²) in [5, 5.41) is 3.89. The van der Waals surface area contributed by atoms with Crippen molar-refractivity contribution in [1.82, 2.24) is 10.4 Å². The fraction of sp³-hybridized carbons (Fsp3) is 0.130. The number of benzene rings is 2. The van der Waals surface area contributed by atoms with Gasteiger partial charge in [0.2, 0.25) is 0 Å². The van der Waals surface area contributed by atoms with Crippen LogP contribution in [-0.2, 0) is 24.3 Å². The Bertz CT molecular complexity index is 1250. The SMILES string of the molecule is COC(=O)COc1cccc(/C=N\NC(=O)CN(c2cccnc2)S(=O)(=O)c2ccccc2)c1. The van der Waals surface area contributed by atoms with Crippen LogP contribution in [0.3, 0.4) is 0 Å². The number of rotatable bonds is 10. The van der Waals surface area contributed by atoms with E-state index in [4.69, 9.17) is 4.74 Å². The Kier molecular flexibility index (Phi) is 8.30. The molecule has 0 bridgehead atoms. The molecule has 1 N–H and O–H groups in total. The first-order valence-corrected chi connectivity index (χ1v) is 11.4. The van der Waals surface area contributed by atoms with E-state index < -0.39 is 28.4 Å². The second kappa shape index (κ2) is 11.6. The lowest BCUT2D eigenvalue weighted by Gasteiger charge is -2.23. The lowest BCUT2D eigenvalue weighted by atomic mass is 10.2. The molecule has 0 radical (unpaired) electrons. The quantitative estimate of drug-likeness (QED) is 0.266. The molecular weight excluding hydrogens is 460 g/mol. The molecule has 0 spiro atoms. The van der Waals surface area contributed by atoms with Gasteiger partial charge in [0.1, 0.15) is 12.3 Å². The number of amides is 1. The van der Waals surface area contributed by atoms with Crippen molar-refractivity contribution in [1.29, 1.82) is 0 Å². The maximum atomic E-state index is 13.2. The summed E-state index contributed by atoms with van der Waals surface area (Å²) in [6, 6.07) is 17.6. The van der Waals surface area contributed by atoms with Crippen LogP contribution >= 0.6 is 0 Å². The van der Waals surface area contributed by atoms with Crippen molar-refractivity contribution < 1.29 is 27.5 Å². The van der Waals surface area contributed by atoms with Crippen LogP contribution in [0.1, 0.15) is 5.56 Å². The number of anilines is 1. The summed E-state index contributed by atoms with van der Waals surface area (Å²) in [6.45, 7) is -0.754. The van der Waals surface area contributed by atoms with E-state index in [0.29, 0.717) is 11.3 Å². The van der Waals surface area contributed by atoms with Crippen LogP contribution < -0.4 is 14.5 Å². The predicted molar refractivity (Wildman–Crippen MR) is 125 cm³/mol. The monoisotopic (exact) mass is 482 g/mol. The van der Waals surface area contributed by atoms with Crippen molar-refractivity contribution in [3.8, 4) is 5.75 Å². The minimum atomic E-state index is -4.02. The maximum Gasteiger partial charge on any atom is 0.343 e. The Morgan fingerprint density at radius 2 is 1.88 bits per heavy atom. The highest BCUT2D eigenvalue weighted by atomic mass is 32.2. The van der Waals surface area contributed by atoms with Gasteiger partial charge in [0.05, 0.1) is 30.1 Å². The zero-order valence-electron chi connectivity index (χ0n) is 18.2. The molecule has 176 valence electrons. The number of nitrogens with one attached hydrogen (secondary N) is 1. The first-order valence-electron chi connectivity index (χ1n) is 9.99. The van der Waals surface area contributed by atoms with Crippen LogP contribution in [0.2, 0.25) is 0 Å². The van der Waals surface area contributed by atoms with Gasteiger partial charge in [-0.3, -0.25) is 14.1 Å². The molecular formula is C23H22N4O6S. The topological polar surface area (TPSA) is 127 Å². The Morgan fingerprint density at radius 1 is 1.09 bits per heavy atom. The van der Waals surface area contributed by atoms with Crippen LogP contribution in [0.15, 0.2) is 89.1 Å². The highest BCUT2D eigenvalue weighted by Gasteiger charge is 2.27. The summed E-state index contributed by atoms with van der Waals surface area (Å²) in [5.41, 5.74) is 3.15. The average Bonchev–Trinajstić information content (AvgIpc) is 2.87. The number of methoxy groups -OCH3 is 1. The number of sulfonamides is 1. The van der Waals surface area contributed by atoms with Crippen molar-refractivity contribution in [2.75, 3.05) is 24.6 Å². The largest absolute Gasteiger partial charge is 0.482 e. The summed E-state index contributed by atoms with van der Waals surface area (Å²) in [5.74, 6) is -0.759. The van der Waals surface area contributed by atoms with Gasteiger partial charge in [0, 0.05) is 6.20 Å². The number of hydrogen-bond acceptors (Lipinski definition) is 8. The van der Waals surface area contributed by atoms with Gasteiger partial charge in [0.15, 0.2) is 6.61 Å². The van der Waals surface area contributed by atoms with Gasteiger partial charge in [-0.2, -0.15) is 5.10 Å². The molecule has 10 nitrogen and oxygen atoms in total. The lowest BCUT2D eigenvalue weighted by molar-refractivity contribution is -0.142. The third-order valence-electron chi connectivity index (χ3n) is 4.40. The summed E-state index contributed by atoms with van der Waals surface area (Å²) >= 11 is 0. The van der Waals surface area contributed by atoms with E-state index in [0.717, 1.165) is 4.31 Å². The van der Waals surface area contributed by atoms with Gasteiger partial charge < -0.3 is 9.47 Å². The summed E-state index contributed by atoms with van der Waals surface area (Å²) in [6.07, 6.45) is 4.23. The predicted octanol–water partition coefficient (Wildman–Crippen LogP) is 1.98. The normalized spacial score (nSPS) is 11.1. The molecule has 3 aromatic rings. The summed E-state index contributed by atoms with van der Waals surface area (Å²) in [4.78, 5) is 27.7. The Morgan fingerprint density at radius 3 is 2.59 bits per heavy atom. The first-order chi connectivity index (χ1) is 16.4. The van der Waals surface area contributed by atoms with Crippen LogP contribution in [0.4, 0.5) is 5.69 Å². The molecule has 0 aliphatic heterocycles. The number of pyridine rings is 1. The number of carbonyl (C=O) groups excluding carboxylic acids is 2. The third kappa shape index (κ3) is 6.62. The fourth-order valence-electron chi connectivity index (χ4n) is 2.77. The van der Waals surface area contributed by atoms with E-state index >= 15 is 0 Å². The molecule has 1 heterocycles. The molecule has 11 heteroatoms. The number of hydrogen-bond donors (Lipinski definition) is 1. The van der Waals surface area contributed by atoms with E-state index in [1.54, 1.807) is 54.6 Å². The smallest absolute Gasteiger partial charge is 0.343 e. The molecule has 0 atom stereocenters. The summed E-state index contributed by atoms with van der Waals surface area (Å²) in [7, 11) is -2.76. The second-order valence-corrected chi connectivity index (χ2v) is 8.63. The highest BCUT2D eigenvalue weighted by Crippen LogP contribution is 2.22. The van der Waals surface area contributed by atoms with Crippen molar-refractivity contribution >= 4 is 33.8 Å².